The van der Waals surface area contributed by atoms with Crippen LogP contribution in [0.3, 0.4) is 0 Å². The van der Waals surface area contributed by atoms with E-state index in [4.69, 9.17) is 98.2 Å². The first-order valence-electron chi connectivity index (χ1n) is 53.4. The summed E-state index contributed by atoms with van der Waals surface area (Å²) in [6.45, 7) is 84.1. The van der Waals surface area contributed by atoms with Gasteiger partial charge < -0.3 is 108 Å². The zero-order valence-corrected chi connectivity index (χ0v) is 103. The monoisotopic (exact) mass is 2180 g/mol. The van der Waals surface area contributed by atoms with Gasteiger partial charge in [-0.05, 0) is 284 Å². The lowest BCUT2D eigenvalue weighted by atomic mass is 9.97. The van der Waals surface area contributed by atoms with Crippen molar-refractivity contribution >= 4 is 45.5 Å². The second-order valence-corrected chi connectivity index (χ2v) is 68.5. The zero-order chi connectivity index (χ0) is 114. The number of ether oxygens (including phenoxy) is 17. The molecule has 4 fully saturated rings. The Balaban J connectivity index is 0.000000352. The Bertz CT molecular complexity index is 4690. The van der Waals surface area contributed by atoms with E-state index in [0.717, 1.165) is 51.5 Å². The molecule has 4 saturated heterocycles. The first-order valence-corrected chi connectivity index (χ1v) is 65.0. The van der Waals surface area contributed by atoms with Crippen LogP contribution in [0.4, 0.5) is 17.6 Å². The van der Waals surface area contributed by atoms with Gasteiger partial charge in [0.15, 0.2) is 56.4 Å². The largest absolute Gasteiger partial charge is 0.497 e. The number of aldehydes is 1. The molecule has 4 aliphatic rings. The fourth-order valence-electron chi connectivity index (χ4n) is 16.0. The summed E-state index contributed by atoms with van der Waals surface area (Å²) >= 11 is 0. The molecule has 0 saturated carbocycles. The third kappa shape index (κ3) is 42.0. The lowest BCUT2D eigenvalue weighted by molar-refractivity contribution is -0.160. The molecule has 1 N–H and O–H groups in total. The van der Waals surface area contributed by atoms with Crippen molar-refractivity contribution in [2.75, 3.05) is 41.7 Å². The van der Waals surface area contributed by atoms with Crippen LogP contribution >= 0.6 is 0 Å². The van der Waals surface area contributed by atoms with Crippen molar-refractivity contribution in [2.24, 2.45) is 29.1 Å². The van der Waals surface area contributed by atoms with E-state index < -0.39 is 146 Å². The smallest absolute Gasteiger partial charge is 0.311 e. The summed E-state index contributed by atoms with van der Waals surface area (Å²) in [7, 11) is -1.63. The molecule has 0 unspecified atom stereocenters. The van der Waals surface area contributed by atoms with E-state index in [1.165, 1.54) is 0 Å². The van der Waals surface area contributed by atoms with Crippen LogP contribution in [0, 0.1) is 29.1 Å². The molecule has 32 heteroatoms. The molecule has 24 nitrogen and oxygen atoms in total. The Kier molecular flexibility index (Phi) is 51.3. The number of rotatable bonds is 49. The number of hydrogen-bond donors (Lipinski definition) is 1. The number of carbonyl (C=O) groups excluding carboxylic acids is 2. The number of benzene rings is 4. The minimum atomic E-state index is -2.05. The lowest BCUT2D eigenvalue weighted by Crippen LogP contribution is -2.44. The second kappa shape index (κ2) is 57.3. The quantitative estimate of drug-likeness (QED) is 0.0142. The lowest BCUT2D eigenvalue weighted by Gasteiger charge is -2.39. The van der Waals surface area contributed by atoms with Crippen LogP contribution in [-0.4, -0.2) is 213 Å². The predicted molar refractivity (Wildman–Crippen MR) is 598 cm³/mol. The van der Waals surface area contributed by atoms with Crippen molar-refractivity contribution in [3.63, 3.8) is 0 Å². The van der Waals surface area contributed by atoms with Crippen LogP contribution in [0.1, 0.15) is 263 Å². The van der Waals surface area contributed by atoms with Gasteiger partial charge in [-0.1, -0.05) is 165 Å². The van der Waals surface area contributed by atoms with E-state index in [0.29, 0.717) is 19.3 Å². The summed E-state index contributed by atoms with van der Waals surface area (Å²) in [5.41, 5.74) is 2.90. The van der Waals surface area contributed by atoms with Gasteiger partial charge in [-0.2, -0.15) is 0 Å². The van der Waals surface area contributed by atoms with Gasteiger partial charge in [-0.3, -0.25) is 4.79 Å². The predicted octanol–water partition coefficient (Wildman–Crippen LogP) is 28.5. The van der Waals surface area contributed by atoms with Crippen molar-refractivity contribution in [2.45, 2.75) is 460 Å². The Morgan fingerprint density at radius 2 is 0.573 bits per heavy atom. The van der Waals surface area contributed by atoms with Crippen LogP contribution in [-0.2, 0) is 115 Å². The number of aliphatic hydroxyl groups is 1. The number of hydrogen-bond acceptors (Lipinski definition) is 24. The number of methoxy groups -OCH3 is 4. The highest BCUT2D eigenvalue weighted by Crippen LogP contribution is 2.47. The van der Waals surface area contributed by atoms with Gasteiger partial charge in [0, 0.05) is 67.5 Å². The summed E-state index contributed by atoms with van der Waals surface area (Å²) in [4.78, 5) is 23.7. The van der Waals surface area contributed by atoms with Gasteiger partial charge in [0.2, 0.25) is 0 Å². The molecule has 0 radical (unpaired) electrons. The molecule has 4 aromatic rings. The molecule has 0 aliphatic carbocycles. The van der Waals surface area contributed by atoms with Crippen molar-refractivity contribution in [3.8, 4) is 23.0 Å². The second-order valence-electron chi connectivity index (χ2n) is 49.5. The highest BCUT2D eigenvalue weighted by atomic mass is 28.4. The first-order chi connectivity index (χ1) is 69.0. The van der Waals surface area contributed by atoms with Crippen molar-refractivity contribution in [1.82, 2.24) is 0 Å². The average Bonchev–Trinajstić information content (AvgIpc) is 1.62. The topological polar surface area (TPSA) is 248 Å². The van der Waals surface area contributed by atoms with E-state index in [-0.39, 0.29) is 132 Å². The van der Waals surface area contributed by atoms with Gasteiger partial charge >= 0.3 is 5.97 Å². The molecule has 0 aromatic heterocycles. The Hall–Kier alpha value is -6.17. The molecule has 854 valence electrons. The number of esters is 1. The van der Waals surface area contributed by atoms with Crippen molar-refractivity contribution < 1.29 is 130 Å². The average molecular weight is 2190 g/mol. The maximum Gasteiger partial charge on any atom is 0.311 e. The standard InChI is InChI=1S/C33H55FO7Si.C29H47FO5Si.C28H47FO6Si.C28H45FO6Si/c1-22(23(2)41-42(12,13)32(6,7)8)20-26(34)28(38-21-24-14-16-25(36-11)17-15-24)29-27(39-33(9,10)40-29)18-19-37-30(35)31(3,4)5;1-12-13-25-27(34-29(7,8)33-25)26(32-19-22-14-16-23(31-9)17-15-22)24(30)18-20(2)21(3)35-36(10,11)28(4,5)6;2*1-19(20(2)35-36(9,10)27(3,4)5)17-23(29)25(26-24(15-16-30)33-28(6,7)34-26)32-18-21-11-13-22(31-8)14-12-21/h14-17,20,22-23,27-29H,18-19,21H2,1-13H3;12,14-18,20-21,25-27H,1,13,19H2,2-11H3;11-14,17,19-20,24-26,30H,15-16,18H2,1-10H3;11-14,16-17,19-20,24-26H,15,18H2,1-10H3/b26-20+;24-18+;2*23-17+/t22-,23+,27+,28-,29+;20-,21+,25+,26-,27+;2*19-,20+,24+,25-,26+/m1111/s1. The molecule has 0 amide bonds. The van der Waals surface area contributed by atoms with E-state index in [1.807, 2.05) is 166 Å². The fraction of sp³-hybridized carbons (Fsp3) is 0.695. The Morgan fingerprint density at radius 1 is 0.360 bits per heavy atom. The van der Waals surface area contributed by atoms with E-state index in [1.54, 1.807) is 121 Å². The van der Waals surface area contributed by atoms with Crippen molar-refractivity contribution in [3.05, 3.63) is 180 Å². The molecular formula is C118H194F4O24Si4. The first kappa shape index (κ1) is 134. The highest BCUT2D eigenvalue weighted by Gasteiger charge is 2.53. The molecule has 0 spiro atoms. The summed E-state index contributed by atoms with van der Waals surface area (Å²) in [6.07, 6.45) is 0.604. The molecule has 150 heavy (non-hydrogen) atoms. The molecule has 4 heterocycles. The molecule has 20 atom stereocenters. The fourth-order valence-corrected chi connectivity index (χ4v) is 22.0. The number of carbonyl (C=O) groups is 2. The van der Waals surface area contributed by atoms with Crippen LogP contribution in [0.25, 0.3) is 0 Å². The molecule has 8 rings (SSSR count). The van der Waals surface area contributed by atoms with Crippen molar-refractivity contribution in [1.29, 1.82) is 0 Å². The van der Waals surface area contributed by atoms with Gasteiger partial charge in [-0.15, -0.1) is 6.58 Å². The SMILES string of the molecule is C=CC[C@@H]1OC(C)(C)O[C@@H]1[C@H](OCc1ccc(OC)cc1)/C(F)=C\[C@@H](C)[C@H](C)O[Si](C)(C)C(C)(C)C.COc1ccc(CO[C@H](/C(F)=C\[C@@H](C)[C@H](C)O[Si](C)(C)C(C)(C)C)[C@H]2OC(C)(C)O[C@H]2CC=O)cc1.COc1ccc(CO[C@H](/C(F)=C\[C@@H](C)[C@H](C)O[Si](C)(C)C(C)(C)C)[C@H]2OC(C)(C)O[C@H]2CCO)cc1.COc1ccc(CO[C@H](/C(F)=C\[C@@H](C)[C@H](C)O[Si](C)(C)C(C)(C)C)[C@H]2OC(C)(C)O[C@H]2CCOC(=O)C(C)(C)C)cc1. The maximum absolute atomic E-state index is 16.3. The third-order valence-electron chi connectivity index (χ3n) is 29.7. The van der Waals surface area contributed by atoms with Gasteiger partial charge in [0.25, 0.3) is 0 Å². The molecular weight excluding hydrogens is 1990 g/mol. The van der Waals surface area contributed by atoms with Crippen LogP contribution in [0.5, 0.6) is 23.0 Å². The number of aliphatic hydroxyl groups excluding tert-OH is 1. The molecule has 4 aromatic carbocycles. The maximum atomic E-state index is 16.3. The van der Waals surface area contributed by atoms with Crippen LogP contribution in [0.2, 0.25) is 72.5 Å². The van der Waals surface area contributed by atoms with Crippen LogP contribution in [0.15, 0.2) is 157 Å². The van der Waals surface area contributed by atoms with E-state index in [2.05, 4.69) is 142 Å². The Morgan fingerprint density at radius 3 is 0.773 bits per heavy atom. The minimum absolute atomic E-state index is 0.0392. The van der Waals surface area contributed by atoms with E-state index >= 15 is 17.6 Å². The third-order valence-corrected chi connectivity index (χ3v) is 48.0. The summed E-state index contributed by atoms with van der Waals surface area (Å²) in [6, 6.07) is 29.8. The highest BCUT2D eigenvalue weighted by molar-refractivity contribution is 6.75. The normalized spacial score (nSPS) is 22.9. The van der Waals surface area contributed by atoms with E-state index in [9.17, 15) is 14.7 Å². The Labute approximate surface area is 904 Å². The molecule has 0 bridgehead atoms. The summed E-state index contributed by atoms with van der Waals surface area (Å²) in [5, 5.41) is 9.80. The number of halogens is 4. The van der Waals surface area contributed by atoms with Gasteiger partial charge in [0.05, 0.1) is 91.3 Å². The summed E-state index contributed by atoms with van der Waals surface area (Å²) < 4.78 is 190. The van der Waals surface area contributed by atoms with Crippen LogP contribution < -0.4 is 18.9 Å². The van der Waals surface area contributed by atoms with Gasteiger partial charge in [-0.25, -0.2) is 17.6 Å². The minimum Gasteiger partial charge on any atom is -0.497 e. The summed E-state index contributed by atoms with van der Waals surface area (Å²) in [5.74, 6) is -3.46. The van der Waals surface area contributed by atoms with Gasteiger partial charge in [0.1, 0.15) is 101 Å². The molecule has 4 aliphatic heterocycles. The zero-order valence-electron chi connectivity index (χ0n) is 99.4.